The topological polar surface area (TPSA) is 53.4 Å². The number of rotatable bonds is 2. The summed E-state index contributed by atoms with van der Waals surface area (Å²) in [6.45, 7) is 0. The maximum Gasteiger partial charge on any atom is 0.283 e. The van der Waals surface area contributed by atoms with E-state index < -0.39 is 5.91 Å². The second kappa shape index (κ2) is 4.78. The molecule has 0 bridgehead atoms. The number of hydroxylamine groups is 2. The molecule has 1 aromatic rings. The number of nitrogens with zero attached hydrogens (tertiary/aromatic N) is 2. The molecule has 14 heavy (non-hydrogen) atoms. The summed E-state index contributed by atoms with van der Waals surface area (Å²) in [7, 11) is 1.25. The molecule has 0 saturated carbocycles. The lowest BCUT2D eigenvalue weighted by molar-refractivity contribution is -0.153. The molecule has 0 unspecified atom stereocenters. The lowest BCUT2D eigenvalue weighted by Crippen LogP contribution is -2.22. The largest absolute Gasteiger partial charge is 0.286 e. The summed E-state index contributed by atoms with van der Waals surface area (Å²) in [5, 5.41) is 9.33. The zero-order valence-electron chi connectivity index (χ0n) is 7.58. The van der Waals surface area contributed by atoms with Crippen LogP contribution in [0.1, 0.15) is 5.56 Å². The van der Waals surface area contributed by atoms with Crippen molar-refractivity contribution in [1.29, 1.82) is 0 Å². The van der Waals surface area contributed by atoms with Crippen LogP contribution in [-0.4, -0.2) is 28.2 Å². The molecule has 0 aliphatic carbocycles. The highest BCUT2D eigenvalue weighted by molar-refractivity contribution is 7.85. The Morgan fingerprint density at radius 2 is 2.43 bits per heavy atom. The van der Waals surface area contributed by atoms with Crippen LogP contribution in [0.4, 0.5) is 0 Å². The maximum absolute atomic E-state index is 11.2. The second-order valence-corrected chi connectivity index (χ2v) is 3.13. The van der Waals surface area contributed by atoms with Crippen molar-refractivity contribution in [1.82, 2.24) is 10.0 Å². The van der Waals surface area contributed by atoms with Crippen LogP contribution in [0.3, 0.4) is 0 Å². The molecule has 0 radical (unpaired) electrons. The van der Waals surface area contributed by atoms with Crippen molar-refractivity contribution in [2.24, 2.45) is 0 Å². The molecule has 1 heterocycles. The fourth-order valence-corrected chi connectivity index (χ4v) is 1.14. The van der Waals surface area contributed by atoms with Crippen LogP contribution < -0.4 is 0 Å². The predicted molar refractivity (Wildman–Crippen MR) is 55.8 cm³/mol. The van der Waals surface area contributed by atoms with Gasteiger partial charge in [-0.2, -0.15) is 0 Å². The average molecular weight is 210 g/mol. The molecule has 4 nitrogen and oxygen atoms in total. The van der Waals surface area contributed by atoms with Gasteiger partial charge in [-0.15, -0.1) is 12.6 Å². The van der Waals surface area contributed by atoms with Gasteiger partial charge in [0.2, 0.25) is 0 Å². The number of carbonyl (C=O) groups excluding carboxylic acids is 1. The molecule has 1 aromatic heterocycles. The van der Waals surface area contributed by atoms with Crippen molar-refractivity contribution >= 4 is 24.6 Å². The molecule has 74 valence electrons. The van der Waals surface area contributed by atoms with Crippen molar-refractivity contribution in [3.05, 3.63) is 35.0 Å². The third kappa shape index (κ3) is 2.86. The van der Waals surface area contributed by atoms with Crippen LogP contribution in [0.25, 0.3) is 6.08 Å². The number of amides is 1. The van der Waals surface area contributed by atoms with E-state index in [-0.39, 0.29) is 4.91 Å². The Labute approximate surface area is 87.2 Å². The lowest BCUT2D eigenvalue weighted by atomic mass is 10.2. The highest BCUT2D eigenvalue weighted by Gasteiger charge is 2.08. The molecular weight excluding hydrogens is 200 g/mol. The molecule has 0 spiro atoms. The highest BCUT2D eigenvalue weighted by atomic mass is 32.1. The average Bonchev–Trinajstić information content (AvgIpc) is 2.18. The summed E-state index contributed by atoms with van der Waals surface area (Å²) in [5.41, 5.74) is 0.757. The predicted octanol–water partition coefficient (Wildman–Crippen LogP) is 1.20. The smallest absolute Gasteiger partial charge is 0.283 e. The number of likely N-dealkylation sites (N-methyl/N-ethyl adjacent to an activating group) is 1. The molecule has 0 aliphatic heterocycles. The monoisotopic (exact) mass is 210 g/mol. The molecule has 1 rings (SSSR count). The number of carbonyl (C=O) groups is 1. The van der Waals surface area contributed by atoms with Crippen LogP contribution in [0.5, 0.6) is 0 Å². The standard InChI is InChI=1S/C9H10N2O2S/c1-11(13)9(12)8(14)5-7-3-2-4-10-6-7/h2-6,13-14H,1H3/b8-5+. The van der Waals surface area contributed by atoms with Crippen molar-refractivity contribution in [2.45, 2.75) is 0 Å². The van der Waals surface area contributed by atoms with Crippen LogP contribution in [-0.2, 0) is 4.79 Å². The van der Waals surface area contributed by atoms with E-state index in [0.717, 1.165) is 5.56 Å². The molecule has 0 saturated heterocycles. The molecule has 1 amide bonds. The summed E-state index contributed by atoms with van der Waals surface area (Å²) in [6.07, 6.45) is 4.77. The van der Waals surface area contributed by atoms with E-state index in [4.69, 9.17) is 5.21 Å². The van der Waals surface area contributed by atoms with E-state index in [1.165, 1.54) is 13.1 Å². The minimum absolute atomic E-state index is 0.156. The van der Waals surface area contributed by atoms with Crippen LogP contribution in [0.2, 0.25) is 0 Å². The number of hydrogen-bond donors (Lipinski definition) is 2. The van der Waals surface area contributed by atoms with Gasteiger partial charge in [0.1, 0.15) is 0 Å². The molecule has 5 heteroatoms. The van der Waals surface area contributed by atoms with E-state index in [1.807, 2.05) is 0 Å². The van der Waals surface area contributed by atoms with Crippen LogP contribution >= 0.6 is 12.6 Å². The van der Waals surface area contributed by atoms with E-state index in [1.54, 1.807) is 24.5 Å². The van der Waals surface area contributed by atoms with Gasteiger partial charge >= 0.3 is 0 Å². The minimum Gasteiger partial charge on any atom is -0.286 e. The van der Waals surface area contributed by atoms with E-state index in [9.17, 15) is 4.79 Å². The van der Waals surface area contributed by atoms with Gasteiger partial charge in [-0.1, -0.05) is 6.07 Å². The second-order valence-electron chi connectivity index (χ2n) is 2.64. The van der Waals surface area contributed by atoms with Crippen molar-refractivity contribution in [3.8, 4) is 0 Å². The fraction of sp³-hybridized carbons (Fsp3) is 0.111. The Morgan fingerprint density at radius 3 is 2.93 bits per heavy atom. The Balaban J connectivity index is 2.84. The van der Waals surface area contributed by atoms with Gasteiger partial charge in [-0.05, 0) is 17.7 Å². The first-order valence-electron chi connectivity index (χ1n) is 3.89. The SMILES string of the molecule is CN(O)C(=O)/C(S)=C\c1cccnc1. The number of aromatic nitrogens is 1. The Bertz CT molecular complexity index is 349. The van der Waals surface area contributed by atoms with Gasteiger partial charge in [0.25, 0.3) is 5.91 Å². The van der Waals surface area contributed by atoms with Crippen molar-refractivity contribution in [3.63, 3.8) is 0 Å². The third-order valence-corrected chi connectivity index (χ3v) is 1.82. The van der Waals surface area contributed by atoms with Gasteiger partial charge in [0.05, 0.1) is 4.91 Å². The first-order valence-corrected chi connectivity index (χ1v) is 4.33. The fourth-order valence-electron chi connectivity index (χ4n) is 0.847. The first kappa shape index (κ1) is 10.7. The van der Waals surface area contributed by atoms with Crippen LogP contribution in [0, 0.1) is 0 Å². The Hall–Kier alpha value is -1.33. The zero-order valence-corrected chi connectivity index (χ0v) is 8.48. The summed E-state index contributed by atoms with van der Waals surface area (Å²) >= 11 is 3.96. The van der Waals surface area contributed by atoms with E-state index >= 15 is 0 Å². The highest BCUT2D eigenvalue weighted by Crippen LogP contribution is 2.10. The lowest BCUT2D eigenvalue weighted by Gasteiger charge is -2.07. The molecule has 0 aromatic carbocycles. The molecule has 0 atom stereocenters. The van der Waals surface area contributed by atoms with Crippen LogP contribution in [0.15, 0.2) is 29.4 Å². The summed E-state index contributed by atoms with van der Waals surface area (Å²) < 4.78 is 0. The number of hydrogen-bond acceptors (Lipinski definition) is 4. The molecular formula is C9H10N2O2S. The first-order chi connectivity index (χ1) is 6.61. The molecule has 0 fully saturated rings. The minimum atomic E-state index is -0.558. The summed E-state index contributed by atoms with van der Waals surface area (Å²) in [4.78, 5) is 15.2. The van der Waals surface area contributed by atoms with Crippen molar-refractivity contribution in [2.75, 3.05) is 7.05 Å². The number of thiol groups is 1. The number of pyridine rings is 1. The van der Waals surface area contributed by atoms with Gasteiger partial charge in [0.15, 0.2) is 0 Å². The van der Waals surface area contributed by atoms with Gasteiger partial charge < -0.3 is 0 Å². The van der Waals surface area contributed by atoms with E-state index in [2.05, 4.69) is 17.6 Å². The molecule has 0 aliphatic rings. The van der Waals surface area contributed by atoms with Gasteiger partial charge in [-0.3, -0.25) is 15.0 Å². The molecule has 1 N–H and O–H groups in total. The summed E-state index contributed by atoms with van der Waals surface area (Å²) in [6, 6.07) is 3.54. The maximum atomic E-state index is 11.2. The van der Waals surface area contributed by atoms with Crippen molar-refractivity contribution < 1.29 is 10.0 Å². The normalized spacial score (nSPS) is 11.2. The van der Waals surface area contributed by atoms with E-state index in [0.29, 0.717) is 5.06 Å². The Kier molecular flexibility index (Phi) is 3.67. The third-order valence-electron chi connectivity index (χ3n) is 1.50. The van der Waals surface area contributed by atoms with Gasteiger partial charge in [-0.25, -0.2) is 5.06 Å². The van der Waals surface area contributed by atoms with Gasteiger partial charge in [0, 0.05) is 19.4 Å². The quantitative estimate of drug-likeness (QED) is 0.334. The summed E-state index contributed by atoms with van der Waals surface area (Å²) in [5.74, 6) is -0.558. The zero-order chi connectivity index (χ0) is 10.6. The Morgan fingerprint density at radius 1 is 1.71 bits per heavy atom.